The summed E-state index contributed by atoms with van der Waals surface area (Å²) in [6, 6.07) is 6.69. The van der Waals surface area contributed by atoms with Crippen LogP contribution in [0.15, 0.2) is 29.6 Å². The number of methoxy groups -OCH3 is 2. The maximum absolute atomic E-state index is 12.4. The van der Waals surface area contributed by atoms with Crippen LogP contribution in [0.3, 0.4) is 0 Å². The van der Waals surface area contributed by atoms with Crippen molar-refractivity contribution in [3.63, 3.8) is 0 Å². The second kappa shape index (κ2) is 7.61. The molecule has 0 radical (unpaired) electrons. The van der Waals surface area contributed by atoms with Gasteiger partial charge in [0.1, 0.15) is 4.34 Å². The van der Waals surface area contributed by atoms with E-state index in [0.29, 0.717) is 36.6 Å². The Bertz CT molecular complexity index is 924. The van der Waals surface area contributed by atoms with Gasteiger partial charge >= 0.3 is 0 Å². The molecule has 0 bridgehead atoms. The number of carbonyl (C=O) groups is 1. The molecule has 3 rings (SSSR count). The molecule has 0 unspecified atom stereocenters. The molecule has 3 aromatic rings. The third kappa shape index (κ3) is 3.90. The molecular weight excluding hydrogens is 403 g/mol. The van der Waals surface area contributed by atoms with Gasteiger partial charge in [0, 0.05) is 16.5 Å². The van der Waals surface area contributed by atoms with Crippen LogP contribution < -0.4 is 14.8 Å². The van der Waals surface area contributed by atoms with Crippen molar-refractivity contribution in [1.82, 2.24) is 4.98 Å². The molecule has 1 amide bonds. The Morgan fingerprint density at radius 1 is 1.16 bits per heavy atom. The number of carbonyl (C=O) groups excluding carboxylic acids is 1. The Morgan fingerprint density at radius 3 is 2.56 bits per heavy atom. The second-order valence-electron chi connectivity index (χ2n) is 4.80. The normalized spacial score (nSPS) is 10.6. The molecule has 1 N–H and O–H groups in total. The summed E-state index contributed by atoms with van der Waals surface area (Å²) in [6.45, 7) is 0. The van der Waals surface area contributed by atoms with Crippen molar-refractivity contribution >= 4 is 56.9 Å². The summed E-state index contributed by atoms with van der Waals surface area (Å²) in [5, 5.41) is 5.04. The zero-order chi connectivity index (χ0) is 18.0. The third-order valence-electron chi connectivity index (χ3n) is 3.30. The summed E-state index contributed by atoms with van der Waals surface area (Å²) in [4.78, 5) is 16.8. The van der Waals surface area contributed by atoms with Crippen molar-refractivity contribution in [1.29, 1.82) is 0 Å². The quantitative estimate of drug-likeness (QED) is 0.602. The van der Waals surface area contributed by atoms with Gasteiger partial charge in [-0.05, 0) is 24.3 Å². The molecule has 130 valence electrons. The Balaban J connectivity index is 1.79. The van der Waals surface area contributed by atoms with Gasteiger partial charge in [0.25, 0.3) is 5.91 Å². The van der Waals surface area contributed by atoms with Gasteiger partial charge in [-0.3, -0.25) is 10.1 Å². The van der Waals surface area contributed by atoms with E-state index in [1.165, 1.54) is 36.9 Å². The Morgan fingerprint density at radius 2 is 1.92 bits per heavy atom. The van der Waals surface area contributed by atoms with Crippen molar-refractivity contribution in [2.24, 2.45) is 0 Å². The van der Waals surface area contributed by atoms with Crippen LogP contribution in [0.2, 0.25) is 8.67 Å². The first kappa shape index (κ1) is 18.0. The summed E-state index contributed by atoms with van der Waals surface area (Å²) in [5.74, 6) is 0.741. The molecule has 0 aliphatic heterocycles. The molecule has 0 spiro atoms. The lowest BCUT2D eigenvalue weighted by atomic mass is 10.2. The largest absolute Gasteiger partial charge is 0.493 e. The lowest BCUT2D eigenvalue weighted by Gasteiger charge is -2.09. The molecule has 0 aliphatic rings. The minimum absolute atomic E-state index is 0.295. The van der Waals surface area contributed by atoms with Gasteiger partial charge in [-0.2, -0.15) is 0 Å². The van der Waals surface area contributed by atoms with Gasteiger partial charge in [0.15, 0.2) is 16.6 Å². The molecule has 2 heterocycles. The minimum Gasteiger partial charge on any atom is -0.493 e. The number of ether oxygens (including phenoxy) is 2. The van der Waals surface area contributed by atoms with E-state index in [1.54, 1.807) is 24.3 Å². The fraction of sp³-hybridized carbons (Fsp3) is 0.125. The lowest BCUT2D eigenvalue weighted by Crippen LogP contribution is -2.11. The number of nitrogens with one attached hydrogen (secondary N) is 1. The molecule has 0 fully saturated rings. The molecule has 0 saturated carbocycles. The van der Waals surface area contributed by atoms with Crippen LogP contribution in [0.4, 0.5) is 5.13 Å². The monoisotopic (exact) mass is 414 g/mol. The van der Waals surface area contributed by atoms with Gasteiger partial charge in [0.2, 0.25) is 0 Å². The van der Waals surface area contributed by atoms with E-state index in [9.17, 15) is 4.79 Å². The average molecular weight is 415 g/mol. The zero-order valence-corrected chi connectivity index (χ0v) is 16.3. The summed E-state index contributed by atoms with van der Waals surface area (Å²) in [5.41, 5.74) is 1.85. The van der Waals surface area contributed by atoms with Gasteiger partial charge in [-0.1, -0.05) is 23.2 Å². The fourth-order valence-electron chi connectivity index (χ4n) is 2.12. The molecule has 1 aromatic carbocycles. The topological polar surface area (TPSA) is 60.5 Å². The van der Waals surface area contributed by atoms with Crippen molar-refractivity contribution in [2.45, 2.75) is 0 Å². The standard InChI is InChI=1S/C16H12Cl2N2O3S2/c1-22-11-4-3-8(5-12(11)23-2)15(21)20-16-19-10(7-24-16)9-6-13(17)25-14(9)18/h3-7H,1-2H3,(H,19,20,21). The second-order valence-corrected chi connectivity index (χ2v) is 7.94. The highest BCUT2D eigenvalue weighted by Crippen LogP contribution is 2.39. The van der Waals surface area contributed by atoms with Crippen molar-refractivity contribution in [3.05, 3.63) is 43.9 Å². The number of nitrogens with zero attached hydrogens (tertiary/aromatic N) is 1. The van der Waals surface area contributed by atoms with Crippen LogP contribution in [-0.4, -0.2) is 25.1 Å². The van der Waals surface area contributed by atoms with E-state index in [0.717, 1.165) is 5.56 Å². The maximum atomic E-state index is 12.4. The molecule has 0 saturated heterocycles. The average Bonchev–Trinajstić information content (AvgIpc) is 3.19. The molecule has 2 aromatic heterocycles. The minimum atomic E-state index is -0.295. The summed E-state index contributed by atoms with van der Waals surface area (Å²) < 4.78 is 11.5. The number of anilines is 1. The number of rotatable bonds is 5. The highest BCUT2D eigenvalue weighted by Gasteiger charge is 2.15. The van der Waals surface area contributed by atoms with E-state index in [-0.39, 0.29) is 5.91 Å². The fourth-order valence-corrected chi connectivity index (χ4v) is 4.30. The van der Waals surface area contributed by atoms with E-state index in [4.69, 9.17) is 32.7 Å². The number of thiazole rings is 1. The van der Waals surface area contributed by atoms with Crippen LogP contribution in [0, 0.1) is 0 Å². The predicted molar refractivity (Wildman–Crippen MR) is 103 cm³/mol. The highest BCUT2D eigenvalue weighted by molar-refractivity contribution is 7.20. The van der Waals surface area contributed by atoms with Crippen LogP contribution in [0.5, 0.6) is 11.5 Å². The van der Waals surface area contributed by atoms with Crippen molar-refractivity contribution < 1.29 is 14.3 Å². The number of hydrogen-bond donors (Lipinski definition) is 1. The first-order valence-electron chi connectivity index (χ1n) is 6.96. The molecule has 5 nitrogen and oxygen atoms in total. The van der Waals surface area contributed by atoms with Crippen LogP contribution in [0.1, 0.15) is 10.4 Å². The lowest BCUT2D eigenvalue weighted by molar-refractivity contribution is 0.102. The van der Waals surface area contributed by atoms with Crippen LogP contribution in [0.25, 0.3) is 11.3 Å². The SMILES string of the molecule is COc1ccc(C(=O)Nc2nc(-c3cc(Cl)sc3Cl)cs2)cc1OC. The van der Waals surface area contributed by atoms with Gasteiger partial charge < -0.3 is 9.47 Å². The smallest absolute Gasteiger partial charge is 0.257 e. The van der Waals surface area contributed by atoms with Crippen molar-refractivity contribution in [2.75, 3.05) is 19.5 Å². The maximum Gasteiger partial charge on any atom is 0.257 e. The number of halogens is 2. The van der Waals surface area contributed by atoms with E-state index in [1.807, 2.05) is 5.38 Å². The zero-order valence-electron chi connectivity index (χ0n) is 13.1. The predicted octanol–water partition coefficient (Wildman–Crippen LogP) is 5.45. The van der Waals surface area contributed by atoms with Crippen LogP contribution >= 0.6 is 45.9 Å². The first-order valence-corrected chi connectivity index (χ1v) is 9.41. The summed E-state index contributed by atoms with van der Waals surface area (Å²) in [6.07, 6.45) is 0. The number of hydrogen-bond acceptors (Lipinski definition) is 6. The number of amides is 1. The Hall–Kier alpha value is -1.80. The number of aromatic nitrogens is 1. The van der Waals surface area contributed by atoms with E-state index >= 15 is 0 Å². The molecule has 25 heavy (non-hydrogen) atoms. The van der Waals surface area contributed by atoms with E-state index in [2.05, 4.69) is 10.3 Å². The van der Waals surface area contributed by atoms with E-state index < -0.39 is 0 Å². The number of benzene rings is 1. The summed E-state index contributed by atoms with van der Waals surface area (Å²) in [7, 11) is 3.05. The van der Waals surface area contributed by atoms with Gasteiger partial charge in [-0.15, -0.1) is 22.7 Å². The molecular formula is C16H12Cl2N2O3S2. The molecule has 0 atom stereocenters. The first-order chi connectivity index (χ1) is 12.0. The van der Waals surface area contributed by atoms with Crippen molar-refractivity contribution in [3.8, 4) is 22.8 Å². The number of thiophene rings is 1. The van der Waals surface area contributed by atoms with Gasteiger partial charge in [-0.25, -0.2) is 4.98 Å². The van der Waals surface area contributed by atoms with Gasteiger partial charge in [0.05, 0.1) is 24.2 Å². The van der Waals surface area contributed by atoms with Crippen LogP contribution in [-0.2, 0) is 0 Å². The summed E-state index contributed by atoms with van der Waals surface area (Å²) >= 11 is 14.7. The highest BCUT2D eigenvalue weighted by atomic mass is 35.5. The Kier molecular flexibility index (Phi) is 5.48. The Labute approximate surface area is 162 Å². The third-order valence-corrected chi connectivity index (χ3v) is 5.55. The molecule has 0 aliphatic carbocycles. The molecule has 9 heteroatoms.